The summed E-state index contributed by atoms with van der Waals surface area (Å²) in [5.41, 5.74) is 0.345. The van der Waals surface area contributed by atoms with E-state index in [4.69, 9.17) is 9.47 Å². The molecule has 4 nitrogen and oxygen atoms in total. The van der Waals surface area contributed by atoms with Gasteiger partial charge in [-0.15, -0.1) is 0 Å². The lowest BCUT2D eigenvalue weighted by molar-refractivity contribution is -0.0519. The predicted octanol–water partition coefficient (Wildman–Crippen LogP) is 1.40. The number of ether oxygens (including phenoxy) is 2. The summed E-state index contributed by atoms with van der Waals surface area (Å²) in [6, 6.07) is 0. The first kappa shape index (κ1) is 13.8. The highest BCUT2D eigenvalue weighted by Gasteiger charge is 2.41. The van der Waals surface area contributed by atoms with Crippen molar-refractivity contribution in [2.45, 2.75) is 49.7 Å². The Bertz CT molecular complexity index is 291. The first-order chi connectivity index (χ1) is 9.26. The third kappa shape index (κ3) is 2.97. The van der Waals surface area contributed by atoms with E-state index in [2.05, 4.69) is 10.2 Å². The molecule has 1 atom stereocenters. The second-order valence-electron chi connectivity index (χ2n) is 6.67. The molecular weight excluding hydrogens is 240 g/mol. The zero-order valence-electron chi connectivity index (χ0n) is 12.2. The van der Waals surface area contributed by atoms with Gasteiger partial charge in [0.15, 0.2) is 0 Å². The molecule has 3 aliphatic rings. The third-order valence-corrected chi connectivity index (χ3v) is 5.28. The molecule has 19 heavy (non-hydrogen) atoms. The summed E-state index contributed by atoms with van der Waals surface area (Å²) in [6.07, 6.45) is 7.93. The van der Waals surface area contributed by atoms with Crippen LogP contribution in [0.2, 0.25) is 0 Å². The smallest absolute Gasteiger partial charge is 0.106 e. The van der Waals surface area contributed by atoms with Gasteiger partial charge in [0.2, 0.25) is 0 Å². The van der Waals surface area contributed by atoms with Gasteiger partial charge in [-0.2, -0.15) is 0 Å². The summed E-state index contributed by atoms with van der Waals surface area (Å²) in [4.78, 5) is 2.61. The maximum Gasteiger partial charge on any atom is 0.106 e. The third-order valence-electron chi connectivity index (χ3n) is 5.28. The molecule has 4 heteroatoms. The molecule has 0 aromatic carbocycles. The number of nitrogens with zero attached hydrogens (tertiary/aromatic N) is 1. The van der Waals surface area contributed by atoms with Crippen molar-refractivity contribution in [3.8, 4) is 0 Å². The normalized spacial score (nSPS) is 35.8. The summed E-state index contributed by atoms with van der Waals surface area (Å²) in [5, 5.41) is 3.81. The van der Waals surface area contributed by atoms with Gasteiger partial charge in [-0.1, -0.05) is 19.3 Å². The van der Waals surface area contributed by atoms with Crippen molar-refractivity contribution in [3.63, 3.8) is 0 Å². The highest BCUT2D eigenvalue weighted by Crippen LogP contribution is 2.32. The van der Waals surface area contributed by atoms with Gasteiger partial charge in [0.1, 0.15) is 5.60 Å². The molecular formula is C15H28N2O2. The van der Waals surface area contributed by atoms with Gasteiger partial charge in [0.25, 0.3) is 0 Å². The second-order valence-corrected chi connectivity index (χ2v) is 6.67. The molecule has 1 saturated carbocycles. The Labute approximate surface area is 116 Å². The van der Waals surface area contributed by atoms with E-state index in [1.165, 1.54) is 38.6 Å². The fourth-order valence-corrected chi connectivity index (χ4v) is 4.09. The van der Waals surface area contributed by atoms with Crippen LogP contribution in [-0.4, -0.2) is 62.5 Å². The van der Waals surface area contributed by atoms with Gasteiger partial charge < -0.3 is 14.8 Å². The summed E-state index contributed by atoms with van der Waals surface area (Å²) in [7, 11) is 1.84. The molecule has 3 rings (SSSR count). The summed E-state index contributed by atoms with van der Waals surface area (Å²) in [6.45, 7) is 6.12. The molecule has 1 unspecified atom stereocenters. The Morgan fingerprint density at radius 3 is 2.74 bits per heavy atom. The summed E-state index contributed by atoms with van der Waals surface area (Å²) < 4.78 is 11.4. The van der Waals surface area contributed by atoms with Crippen LogP contribution in [0.1, 0.15) is 38.5 Å². The second kappa shape index (κ2) is 5.68. The van der Waals surface area contributed by atoms with E-state index >= 15 is 0 Å². The molecule has 0 aromatic rings. The highest BCUT2D eigenvalue weighted by atomic mass is 16.5. The van der Waals surface area contributed by atoms with Crippen molar-refractivity contribution in [1.29, 1.82) is 0 Å². The van der Waals surface area contributed by atoms with Crippen molar-refractivity contribution >= 4 is 0 Å². The Balaban J connectivity index is 1.61. The molecule has 2 saturated heterocycles. The van der Waals surface area contributed by atoms with Crippen LogP contribution in [0.5, 0.6) is 0 Å². The van der Waals surface area contributed by atoms with Gasteiger partial charge in [-0.05, 0) is 12.8 Å². The summed E-state index contributed by atoms with van der Waals surface area (Å²) >= 11 is 0. The molecule has 1 N–H and O–H groups in total. The number of piperazine rings is 1. The van der Waals surface area contributed by atoms with Crippen LogP contribution in [0.3, 0.4) is 0 Å². The van der Waals surface area contributed by atoms with E-state index in [0.29, 0.717) is 5.54 Å². The average molecular weight is 268 g/mol. The lowest BCUT2D eigenvalue weighted by Gasteiger charge is -2.47. The van der Waals surface area contributed by atoms with Crippen LogP contribution in [0.15, 0.2) is 0 Å². The van der Waals surface area contributed by atoms with Crippen molar-refractivity contribution in [2.24, 2.45) is 0 Å². The van der Waals surface area contributed by atoms with Crippen LogP contribution < -0.4 is 5.32 Å². The van der Waals surface area contributed by atoms with Crippen LogP contribution >= 0.6 is 0 Å². The number of hydrogen-bond donors (Lipinski definition) is 1. The maximum atomic E-state index is 5.79. The van der Waals surface area contributed by atoms with Crippen molar-refractivity contribution < 1.29 is 9.47 Å². The maximum absolute atomic E-state index is 5.79. The van der Waals surface area contributed by atoms with E-state index < -0.39 is 0 Å². The number of hydrogen-bond acceptors (Lipinski definition) is 4. The van der Waals surface area contributed by atoms with Crippen molar-refractivity contribution in [1.82, 2.24) is 10.2 Å². The molecule has 1 spiro atoms. The van der Waals surface area contributed by atoms with Gasteiger partial charge in [-0.3, -0.25) is 4.90 Å². The zero-order chi connectivity index (χ0) is 13.2. The van der Waals surface area contributed by atoms with E-state index in [1.54, 1.807) is 0 Å². The minimum absolute atomic E-state index is 0.0484. The topological polar surface area (TPSA) is 33.7 Å². The van der Waals surface area contributed by atoms with Crippen molar-refractivity contribution in [3.05, 3.63) is 0 Å². The first-order valence-electron chi connectivity index (χ1n) is 7.86. The number of nitrogens with one attached hydrogen (secondary N) is 1. The molecule has 2 heterocycles. The SMILES string of the molecule is COC1(CN2CCNC3(CCCCC3)C2)CCOC1. The van der Waals surface area contributed by atoms with E-state index in [1.807, 2.05) is 7.11 Å². The minimum atomic E-state index is -0.0484. The van der Waals surface area contributed by atoms with E-state index in [0.717, 1.165) is 39.3 Å². The van der Waals surface area contributed by atoms with Gasteiger partial charge in [-0.25, -0.2) is 0 Å². The quantitative estimate of drug-likeness (QED) is 0.839. The zero-order valence-corrected chi connectivity index (χ0v) is 12.2. The molecule has 0 aromatic heterocycles. The lowest BCUT2D eigenvalue weighted by atomic mass is 9.80. The fraction of sp³-hybridized carbons (Fsp3) is 1.00. The van der Waals surface area contributed by atoms with E-state index in [9.17, 15) is 0 Å². The Morgan fingerprint density at radius 2 is 2.05 bits per heavy atom. The Morgan fingerprint density at radius 1 is 1.21 bits per heavy atom. The first-order valence-corrected chi connectivity index (χ1v) is 7.86. The van der Waals surface area contributed by atoms with Crippen molar-refractivity contribution in [2.75, 3.05) is 46.5 Å². The molecule has 0 bridgehead atoms. The van der Waals surface area contributed by atoms with Crippen LogP contribution in [0, 0.1) is 0 Å². The Kier molecular flexibility index (Phi) is 4.13. The largest absolute Gasteiger partial charge is 0.378 e. The van der Waals surface area contributed by atoms with Crippen LogP contribution in [-0.2, 0) is 9.47 Å². The minimum Gasteiger partial charge on any atom is -0.378 e. The highest BCUT2D eigenvalue weighted by molar-refractivity contribution is 4.99. The molecule has 0 radical (unpaired) electrons. The van der Waals surface area contributed by atoms with Gasteiger partial charge in [0.05, 0.1) is 6.61 Å². The lowest BCUT2D eigenvalue weighted by Crippen LogP contribution is -2.63. The molecule has 110 valence electrons. The predicted molar refractivity (Wildman–Crippen MR) is 75.4 cm³/mol. The van der Waals surface area contributed by atoms with Gasteiger partial charge >= 0.3 is 0 Å². The fourth-order valence-electron chi connectivity index (χ4n) is 4.09. The van der Waals surface area contributed by atoms with Gasteiger partial charge in [0, 0.05) is 51.9 Å². The molecule has 1 aliphatic carbocycles. The average Bonchev–Trinajstić information content (AvgIpc) is 2.89. The summed E-state index contributed by atoms with van der Waals surface area (Å²) in [5.74, 6) is 0. The Hall–Kier alpha value is -0.160. The molecule has 0 amide bonds. The standard InChI is InChI=1S/C15H28N2O2/c1-18-15(7-10-19-13-15)12-17-9-8-16-14(11-17)5-3-2-4-6-14/h16H,2-13H2,1H3. The number of methoxy groups -OCH3 is 1. The molecule has 2 aliphatic heterocycles. The van der Waals surface area contributed by atoms with E-state index in [-0.39, 0.29) is 5.60 Å². The van der Waals surface area contributed by atoms with Crippen LogP contribution in [0.4, 0.5) is 0 Å². The monoisotopic (exact) mass is 268 g/mol. The number of rotatable bonds is 3. The van der Waals surface area contributed by atoms with Crippen LogP contribution in [0.25, 0.3) is 0 Å². The molecule has 3 fully saturated rings.